The van der Waals surface area contributed by atoms with Gasteiger partial charge in [-0.3, -0.25) is 18.7 Å². The van der Waals surface area contributed by atoms with Crippen LogP contribution in [0.1, 0.15) is 30.8 Å². The topological polar surface area (TPSA) is 142 Å². The summed E-state index contributed by atoms with van der Waals surface area (Å²) in [6.07, 6.45) is 8.26. The molecular weight excluding hydrogens is 1240 g/mol. The number of aromatic nitrogens is 5. The molecule has 0 aliphatic rings. The van der Waals surface area contributed by atoms with Crippen molar-refractivity contribution in [3.63, 3.8) is 0 Å². The molecule has 2 atom stereocenters. The number of hydrogen-bond donors (Lipinski definition) is 3. The van der Waals surface area contributed by atoms with E-state index >= 15 is 0 Å². The van der Waals surface area contributed by atoms with Crippen molar-refractivity contribution in [2.24, 2.45) is 0 Å². The first-order valence-electron chi connectivity index (χ1n) is 21.5. The van der Waals surface area contributed by atoms with Crippen LogP contribution in [0.25, 0.3) is 66.6 Å². The number of rotatable bonds is 7. The Morgan fingerprint density at radius 3 is 1.43 bits per heavy atom. The largest absolute Gasteiger partial charge is 0.477 e. The molecule has 9 nitrogen and oxygen atoms in total. The molecule has 2 radical (unpaired) electrons. The van der Waals surface area contributed by atoms with Gasteiger partial charge in [0, 0.05) is 93.6 Å². The predicted molar refractivity (Wildman–Crippen MR) is 264 cm³/mol. The molecular formula is C57H47F2Ir2N5O4-2. The van der Waals surface area contributed by atoms with Crippen molar-refractivity contribution < 1.29 is 69.1 Å². The minimum absolute atomic E-state index is 0. The van der Waals surface area contributed by atoms with Gasteiger partial charge in [0.05, 0.1) is 23.2 Å². The normalized spacial score (nSPS) is 10.8. The van der Waals surface area contributed by atoms with E-state index in [0.29, 0.717) is 12.1 Å². The molecule has 0 saturated carbocycles. The standard InChI is InChI=1S/C24H16N2.C11H6F2N.C11H8N.C6H5NO2.C5H12O2.2Ir/c1-3-7-17(8-4-1)19-13-15-25-23-21(19)11-12-22-20(14-16-26-24(22)23)18-9-5-2-6-10-18;12-8-4-5-9(10(13)7-8)11-3-1-2-6-14-11;1-2-6-10(7-3-1)11-8-4-5-9-12-11;8-6(9)5-3-1-2-4-7-5;1-4(6)3-5(2)7;;/h1-16H;1-4,6-7H;1-6,8-9H;1-4H,(H,8,9);4-7H,3H2,1-2H3;;/q;2*-1;;;;. The number of halogens is 2. The molecule has 70 heavy (non-hydrogen) atoms. The number of fused-ring (bicyclic) bond motifs is 3. The maximum absolute atomic E-state index is 13.2. The SMILES string of the molecule is CC(O)CC(C)O.Fc1c[c-]c(-c2ccccn2)c(F)c1.O=C(O)c1ccccn1.[Ir].[Ir].[c-]1ccccc1-c1ccccn1.c1ccc(-c2ccnc3c2ccc2c(-c4ccccc4)ccnc23)cc1. The molecule has 0 amide bonds. The Labute approximate surface area is 432 Å². The fraction of sp³-hybridized carbons (Fsp3) is 0.0877. The summed E-state index contributed by atoms with van der Waals surface area (Å²) < 4.78 is 25.8. The van der Waals surface area contributed by atoms with E-state index in [0.717, 1.165) is 45.2 Å². The van der Waals surface area contributed by atoms with E-state index in [1.807, 2.05) is 67.0 Å². The van der Waals surface area contributed by atoms with Crippen LogP contribution in [0.15, 0.2) is 207 Å². The maximum atomic E-state index is 13.2. The first-order valence-corrected chi connectivity index (χ1v) is 21.5. The molecule has 0 fully saturated rings. The molecule has 2 unspecified atom stereocenters. The van der Waals surface area contributed by atoms with Gasteiger partial charge in [0.25, 0.3) is 0 Å². The summed E-state index contributed by atoms with van der Waals surface area (Å²) in [4.78, 5) is 31.2. The molecule has 358 valence electrons. The molecule has 0 aliphatic carbocycles. The Morgan fingerprint density at radius 1 is 0.543 bits per heavy atom. The number of hydrogen-bond acceptors (Lipinski definition) is 8. The molecule has 0 aliphatic heterocycles. The van der Waals surface area contributed by atoms with Crippen molar-refractivity contribution in [2.75, 3.05) is 0 Å². The van der Waals surface area contributed by atoms with Gasteiger partial charge in [0.1, 0.15) is 5.69 Å². The molecule has 5 aromatic carbocycles. The van der Waals surface area contributed by atoms with E-state index < -0.39 is 17.6 Å². The Kier molecular flexibility index (Phi) is 23.0. The van der Waals surface area contributed by atoms with Gasteiger partial charge >= 0.3 is 5.97 Å². The number of pyridine rings is 5. The fourth-order valence-corrected chi connectivity index (χ4v) is 6.78. The van der Waals surface area contributed by atoms with Crippen LogP contribution in [0.2, 0.25) is 0 Å². The summed E-state index contributed by atoms with van der Waals surface area (Å²) in [7, 11) is 0. The molecule has 13 heteroatoms. The number of nitrogens with zero attached hydrogens (tertiary/aromatic N) is 5. The molecule has 10 rings (SSSR count). The average molecular weight is 1290 g/mol. The number of aliphatic hydroxyl groups is 2. The molecule has 5 aromatic heterocycles. The van der Waals surface area contributed by atoms with Crippen LogP contribution in [0.5, 0.6) is 0 Å². The minimum Gasteiger partial charge on any atom is -0.477 e. The second-order valence-electron chi connectivity index (χ2n) is 15.0. The summed E-state index contributed by atoms with van der Waals surface area (Å²) >= 11 is 0. The van der Waals surface area contributed by atoms with Crippen LogP contribution in [-0.2, 0) is 40.2 Å². The van der Waals surface area contributed by atoms with E-state index in [4.69, 9.17) is 15.3 Å². The van der Waals surface area contributed by atoms with Crippen LogP contribution in [0.3, 0.4) is 0 Å². The molecule has 3 N–H and O–H groups in total. The maximum Gasteiger partial charge on any atom is 0.354 e. The number of aliphatic hydroxyl groups excluding tert-OH is 2. The van der Waals surface area contributed by atoms with Crippen LogP contribution >= 0.6 is 0 Å². The van der Waals surface area contributed by atoms with Gasteiger partial charge in [0.15, 0.2) is 0 Å². The minimum atomic E-state index is -0.990. The third kappa shape index (κ3) is 16.6. The Balaban J connectivity index is 0.000000207. The molecule has 5 heterocycles. The van der Waals surface area contributed by atoms with Crippen molar-refractivity contribution in [1.82, 2.24) is 24.9 Å². The third-order valence-corrected chi connectivity index (χ3v) is 9.79. The van der Waals surface area contributed by atoms with Gasteiger partial charge in [-0.15, -0.1) is 48.0 Å². The van der Waals surface area contributed by atoms with E-state index in [1.54, 1.807) is 56.6 Å². The van der Waals surface area contributed by atoms with Crippen LogP contribution in [0.4, 0.5) is 8.78 Å². The third-order valence-electron chi connectivity index (χ3n) is 9.79. The van der Waals surface area contributed by atoms with E-state index in [-0.39, 0.29) is 63.7 Å². The van der Waals surface area contributed by atoms with Crippen molar-refractivity contribution in [2.45, 2.75) is 32.5 Å². The summed E-state index contributed by atoms with van der Waals surface area (Å²) in [6.45, 7) is 3.32. The first kappa shape index (κ1) is 55.5. The monoisotopic (exact) mass is 1290 g/mol. The number of carboxylic acid groups (broad SMARTS) is 1. The smallest absolute Gasteiger partial charge is 0.354 e. The summed E-state index contributed by atoms with van der Waals surface area (Å²) in [6, 6.07) is 60.4. The molecule has 0 spiro atoms. The summed E-state index contributed by atoms with van der Waals surface area (Å²) in [5.41, 5.74) is 9.37. The van der Waals surface area contributed by atoms with Gasteiger partial charge in [-0.1, -0.05) is 115 Å². The number of benzene rings is 5. The average Bonchev–Trinajstić information content (AvgIpc) is 3.38. The van der Waals surface area contributed by atoms with Crippen LogP contribution in [-0.4, -0.2) is 58.4 Å². The van der Waals surface area contributed by atoms with Crippen LogP contribution < -0.4 is 0 Å². The van der Waals surface area contributed by atoms with E-state index in [2.05, 4.69) is 110 Å². The molecule has 0 bridgehead atoms. The van der Waals surface area contributed by atoms with Gasteiger partial charge < -0.3 is 25.3 Å². The van der Waals surface area contributed by atoms with Gasteiger partial charge in [0.2, 0.25) is 0 Å². The summed E-state index contributed by atoms with van der Waals surface area (Å²) in [5.74, 6) is -2.28. The zero-order chi connectivity index (χ0) is 48.1. The number of carbonyl (C=O) groups is 1. The summed E-state index contributed by atoms with van der Waals surface area (Å²) in [5, 5.41) is 27.7. The van der Waals surface area contributed by atoms with Crippen molar-refractivity contribution in [1.29, 1.82) is 0 Å². The Bertz CT molecular complexity index is 2950. The Hall–Kier alpha value is -7.08. The zero-order valence-electron chi connectivity index (χ0n) is 37.9. The number of aromatic carboxylic acids is 1. The zero-order valence-corrected chi connectivity index (χ0v) is 42.7. The second kappa shape index (κ2) is 29.1. The molecule has 0 saturated heterocycles. The Morgan fingerprint density at radius 2 is 1.03 bits per heavy atom. The van der Waals surface area contributed by atoms with Crippen molar-refractivity contribution in [3.8, 4) is 44.8 Å². The van der Waals surface area contributed by atoms with E-state index in [1.165, 1.54) is 34.5 Å². The van der Waals surface area contributed by atoms with Crippen LogP contribution in [0, 0.1) is 23.8 Å². The number of carboxylic acids is 1. The first-order chi connectivity index (χ1) is 33.1. The quantitative estimate of drug-likeness (QED) is 0.105. The van der Waals surface area contributed by atoms with Gasteiger partial charge in [-0.05, 0) is 90.3 Å². The van der Waals surface area contributed by atoms with E-state index in [9.17, 15) is 13.6 Å². The van der Waals surface area contributed by atoms with Crippen molar-refractivity contribution in [3.05, 3.63) is 236 Å². The molecule has 10 aromatic rings. The van der Waals surface area contributed by atoms with Gasteiger partial charge in [-0.2, -0.15) is 0 Å². The fourth-order valence-electron chi connectivity index (χ4n) is 6.78. The van der Waals surface area contributed by atoms with Gasteiger partial charge in [-0.25, -0.2) is 9.78 Å². The van der Waals surface area contributed by atoms with Crippen molar-refractivity contribution >= 4 is 27.8 Å². The predicted octanol–water partition coefficient (Wildman–Crippen LogP) is 12.4. The second-order valence-corrected chi connectivity index (χ2v) is 15.0.